The summed E-state index contributed by atoms with van der Waals surface area (Å²) < 4.78 is 51.1. The Labute approximate surface area is 187 Å². The van der Waals surface area contributed by atoms with Crippen molar-refractivity contribution >= 4 is 24.4 Å². The highest BCUT2D eigenvalue weighted by atomic mass is 32.5. The summed E-state index contributed by atoms with van der Waals surface area (Å²) in [5.74, 6) is 0.529. The standard InChI is InChI=1S/C20H32F2NO6PS/c1-7-27-30(31,28-8-2)20(21,22)13-16(23-18(25)29-19(3,4)5)17(24)14-9-11-15(26-6)12-10-14/h9-12,16-17,24H,7-8,13H2,1-6H3,(H,23,25)/t16-,17+/m1/s1. The third-order valence-electron chi connectivity index (χ3n) is 4.00. The zero-order valence-electron chi connectivity index (χ0n) is 18.7. The number of rotatable bonds is 11. The first-order chi connectivity index (χ1) is 14.3. The van der Waals surface area contributed by atoms with E-state index < -0.39 is 42.4 Å². The number of hydrogen-bond acceptors (Lipinski definition) is 7. The van der Waals surface area contributed by atoms with Crippen LogP contribution in [0, 0.1) is 0 Å². The van der Waals surface area contributed by atoms with Crippen molar-refractivity contribution < 1.29 is 37.2 Å². The number of halogens is 2. The number of amides is 1. The lowest BCUT2D eigenvalue weighted by atomic mass is 9.99. The van der Waals surface area contributed by atoms with Crippen LogP contribution in [0.1, 0.15) is 52.7 Å². The van der Waals surface area contributed by atoms with Gasteiger partial charge in [0.2, 0.25) is 0 Å². The SMILES string of the molecule is CCOP(=S)(OCC)C(F)(F)C[C@@H](NC(=O)OC(C)(C)C)[C@@H](O)c1ccc(OC)cc1. The highest BCUT2D eigenvalue weighted by Gasteiger charge is 2.51. The van der Waals surface area contributed by atoms with Crippen LogP contribution in [0.15, 0.2) is 24.3 Å². The van der Waals surface area contributed by atoms with Crippen molar-refractivity contribution in [2.24, 2.45) is 0 Å². The quantitative estimate of drug-likeness (QED) is 0.429. The van der Waals surface area contributed by atoms with Crippen LogP contribution in [-0.2, 0) is 25.6 Å². The smallest absolute Gasteiger partial charge is 0.407 e. The Morgan fingerprint density at radius 1 is 1.16 bits per heavy atom. The lowest BCUT2D eigenvalue weighted by Gasteiger charge is -2.34. The van der Waals surface area contributed by atoms with Crippen LogP contribution in [-0.4, -0.2) is 48.8 Å². The number of benzene rings is 1. The molecule has 0 aromatic heterocycles. The molecule has 0 unspecified atom stereocenters. The van der Waals surface area contributed by atoms with E-state index in [0.717, 1.165) is 0 Å². The number of carbonyl (C=O) groups excluding carboxylic acids is 1. The van der Waals surface area contributed by atoms with Crippen molar-refractivity contribution in [3.8, 4) is 5.75 Å². The molecular formula is C20H32F2NO6PS. The Bertz CT molecular complexity index is 747. The van der Waals surface area contributed by atoms with E-state index in [9.17, 15) is 9.90 Å². The van der Waals surface area contributed by atoms with Crippen LogP contribution < -0.4 is 10.1 Å². The van der Waals surface area contributed by atoms with Crippen LogP contribution in [0.25, 0.3) is 0 Å². The van der Waals surface area contributed by atoms with Gasteiger partial charge in [0.05, 0.1) is 32.5 Å². The number of hydrogen-bond donors (Lipinski definition) is 2. The highest BCUT2D eigenvalue weighted by Crippen LogP contribution is 2.64. The molecule has 1 aromatic rings. The predicted molar refractivity (Wildman–Crippen MR) is 118 cm³/mol. The average Bonchev–Trinajstić information content (AvgIpc) is 2.65. The van der Waals surface area contributed by atoms with Crippen LogP contribution in [0.2, 0.25) is 0 Å². The number of nitrogens with one attached hydrogen (secondary N) is 1. The molecule has 0 aliphatic heterocycles. The summed E-state index contributed by atoms with van der Waals surface area (Å²) in [6.45, 7) is 3.86. The van der Waals surface area contributed by atoms with Crippen molar-refractivity contribution in [1.82, 2.24) is 5.32 Å². The van der Waals surface area contributed by atoms with Gasteiger partial charge in [-0.3, -0.25) is 0 Å². The average molecular weight is 484 g/mol. The normalized spacial score (nSPS) is 14.6. The lowest BCUT2D eigenvalue weighted by molar-refractivity contribution is 0.00682. The molecule has 0 spiro atoms. The Morgan fingerprint density at radius 2 is 1.68 bits per heavy atom. The maximum Gasteiger partial charge on any atom is 0.407 e. The number of aliphatic hydroxyl groups is 1. The third kappa shape index (κ3) is 8.27. The van der Waals surface area contributed by atoms with Crippen molar-refractivity contribution in [3.05, 3.63) is 29.8 Å². The number of carbonyl (C=O) groups is 1. The second-order valence-electron chi connectivity index (χ2n) is 7.67. The molecule has 2 N–H and O–H groups in total. The van der Waals surface area contributed by atoms with Gasteiger partial charge in [0.1, 0.15) is 11.4 Å². The molecule has 7 nitrogen and oxygen atoms in total. The zero-order chi connectivity index (χ0) is 23.9. The Kier molecular flexibility index (Phi) is 10.3. The van der Waals surface area contributed by atoms with Gasteiger partial charge < -0.3 is 28.9 Å². The van der Waals surface area contributed by atoms with Gasteiger partial charge in [0.15, 0.2) is 0 Å². The van der Waals surface area contributed by atoms with E-state index in [-0.39, 0.29) is 13.2 Å². The number of alkyl carbamates (subject to hydrolysis) is 1. The van der Waals surface area contributed by atoms with E-state index in [1.54, 1.807) is 46.8 Å². The topological polar surface area (TPSA) is 86.3 Å². The fourth-order valence-electron chi connectivity index (χ4n) is 2.68. The van der Waals surface area contributed by atoms with Gasteiger partial charge in [0, 0.05) is 6.42 Å². The maximum atomic E-state index is 15.3. The molecule has 0 radical (unpaired) electrons. The Balaban J connectivity index is 3.24. The molecule has 31 heavy (non-hydrogen) atoms. The molecule has 0 aliphatic rings. The molecule has 11 heteroatoms. The third-order valence-corrected chi connectivity index (χ3v) is 7.62. The number of alkyl halides is 2. The van der Waals surface area contributed by atoms with E-state index in [4.69, 9.17) is 30.3 Å². The van der Waals surface area contributed by atoms with Crippen molar-refractivity contribution in [1.29, 1.82) is 0 Å². The zero-order valence-corrected chi connectivity index (χ0v) is 20.4. The number of methoxy groups -OCH3 is 1. The van der Waals surface area contributed by atoms with Gasteiger partial charge in [-0.05, 0) is 64.1 Å². The van der Waals surface area contributed by atoms with E-state index in [2.05, 4.69) is 5.32 Å². The second kappa shape index (κ2) is 11.5. The van der Waals surface area contributed by atoms with Crippen LogP contribution >= 0.6 is 6.49 Å². The van der Waals surface area contributed by atoms with E-state index in [1.807, 2.05) is 0 Å². The minimum atomic E-state index is -4.03. The molecule has 0 saturated heterocycles. The summed E-state index contributed by atoms with van der Waals surface area (Å²) in [6.07, 6.45) is -3.42. The fourth-order valence-corrected chi connectivity index (χ4v) is 5.08. The molecule has 1 amide bonds. The molecule has 0 saturated carbocycles. The van der Waals surface area contributed by atoms with Crippen molar-refractivity contribution in [2.75, 3.05) is 20.3 Å². The van der Waals surface area contributed by atoms with Gasteiger partial charge in [0.25, 0.3) is 6.49 Å². The molecule has 0 heterocycles. The molecule has 0 aliphatic carbocycles. The first-order valence-electron chi connectivity index (χ1n) is 9.87. The molecule has 178 valence electrons. The van der Waals surface area contributed by atoms with Crippen molar-refractivity contribution in [3.63, 3.8) is 0 Å². The summed E-state index contributed by atoms with van der Waals surface area (Å²) in [5, 5.41) is 13.2. The largest absolute Gasteiger partial charge is 0.497 e. The summed E-state index contributed by atoms with van der Waals surface area (Å²) in [6, 6.07) is 4.76. The van der Waals surface area contributed by atoms with Gasteiger partial charge in [-0.2, -0.15) is 8.78 Å². The molecule has 1 aromatic carbocycles. The van der Waals surface area contributed by atoms with Crippen LogP contribution in [0.4, 0.5) is 13.6 Å². The summed E-state index contributed by atoms with van der Waals surface area (Å²) in [4.78, 5) is 12.3. The highest BCUT2D eigenvalue weighted by molar-refractivity contribution is 8.10. The Hall–Kier alpha value is -1.32. The number of aliphatic hydroxyl groups excluding tert-OH is 1. The Morgan fingerprint density at radius 3 is 2.10 bits per heavy atom. The minimum Gasteiger partial charge on any atom is -0.497 e. The molecule has 1 rings (SSSR count). The van der Waals surface area contributed by atoms with E-state index in [1.165, 1.54) is 19.2 Å². The summed E-state index contributed by atoms with van der Waals surface area (Å²) in [7, 11) is 1.48. The van der Waals surface area contributed by atoms with Gasteiger partial charge >= 0.3 is 11.8 Å². The molecule has 0 bridgehead atoms. The van der Waals surface area contributed by atoms with Gasteiger partial charge in [-0.25, -0.2) is 4.79 Å². The monoisotopic (exact) mass is 483 g/mol. The van der Waals surface area contributed by atoms with Crippen molar-refractivity contribution in [2.45, 2.75) is 64.4 Å². The first kappa shape index (κ1) is 27.7. The second-order valence-corrected chi connectivity index (χ2v) is 11.3. The van der Waals surface area contributed by atoms with E-state index >= 15 is 8.78 Å². The maximum absolute atomic E-state index is 15.3. The fraction of sp³-hybridized carbons (Fsp3) is 0.650. The summed E-state index contributed by atoms with van der Waals surface area (Å²) in [5.41, 5.74) is -4.17. The molecule has 0 fully saturated rings. The van der Waals surface area contributed by atoms with Crippen LogP contribution in [0.5, 0.6) is 5.75 Å². The molecule has 2 atom stereocenters. The molecular weight excluding hydrogens is 451 g/mol. The van der Waals surface area contributed by atoms with E-state index in [0.29, 0.717) is 11.3 Å². The van der Waals surface area contributed by atoms with Gasteiger partial charge in [-0.15, -0.1) is 0 Å². The summed E-state index contributed by atoms with van der Waals surface area (Å²) >= 11 is 5.07. The predicted octanol–water partition coefficient (Wildman–Crippen LogP) is 4.99. The lowest BCUT2D eigenvalue weighted by Crippen LogP contribution is -2.45. The first-order valence-corrected chi connectivity index (χ1v) is 12.5. The van der Waals surface area contributed by atoms with Gasteiger partial charge in [-0.1, -0.05) is 12.1 Å². The number of ether oxygens (including phenoxy) is 2. The minimum absolute atomic E-state index is 0.0575. The van der Waals surface area contributed by atoms with Crippen LogP contribution in [0.3, 0.4) is 0 Å².